The van der Waals surface area contributed by atoms with Gasteiger partial charge in [-0.1, -0.05) is 13.8 Å². The van der Waals surface area contributed by atoms with E-state index in [1.165, 1.54) is 0 Å². The zero-order chi connectivity index (χ0) is 14.9. The van der Waals surface area contributed by atoms with Crippen LogP contribution in [-0.4, -0.2) is 45.0 Å². The van der Waals surface area contributed by atoms with Crippen molar-refractivity contribution in [1.82, 2.24) is 14.9 Å². The summed E-state index contributed by atoms with van der Waals surface area (Å²) in [5, 5.41) is 3.00. The third-order valence-electron chi connectivity index (χ3n) is 3.50. The van der Waals surface area contributed by atoms with Crippen molar-refractivity contribution in [3.8, 4) is 0 Å². The van der Waals surface area contributed by atoms with Gasteiger partial charge in [-0.05, 0) is 19.8 Å². The third-order valence-corrected chi connectivity index (χ3v) is 4.44. The molecular weight excluding hydrogens is 275 g/mol. The Balaban J connectivity index is 1.87. The van der Waals surface area contributed by atoms with Crippen LogP contribution in [0.5, 0.6) is 0 Å². The van der Waals surface area contributed by atoms with Crippen molar-refractivity contribution >= 4 is 18.4 Å². The molecule has 20 heavy (non-hydrogen) atoms. The molecule has 1 aromatic heterocycles. The molecule has 0 amide bonds. The number of likely N-dealkylation sites (tertiary alicyclic amines) is 1. The fourth-order valence-corrected chi connectivity index (χ4v) is 2.40. The van der Waals surface area contributed by atoms with Gasteiger partial charge in [0.05, 0.1) is 11.4 Å². The largest absolute Gasteiger partial charge is 0.365 e. The Hall–Kier alpha value is -0.880. The second-order valence-electron chi connectivity index (χ2n) is 6.22. The minimum atomic E-state index is -1.30. The van der Waals surface area contributed by atoms with Crippen LogP contribution in [0, 0.1) is 0 Å². The molecule has 1 saturated heterocycles. The number of rotatable bonds is 5. The van der Waals surface area contributed by atoms with E-state index in [0.29, 0.717) is 12.0 Å². The van der Waals surface area contributed by atoms with Crippen molar-refractivity contribution < 1.29 is 4.39 Å². The predicted molar refractivity (Wildman–Crippen MR) is 83.1 cm³/mol. The van der Waals surface area contributed by atoms with Crippen molar-refractivity contribution in [2.75, 3.05) is 18.4 Å². The van der Waals surface area contributed by atoms with Crippen molar-refractivity contribution in [1.29, 1.82) is 0 Å². The molecule has 1 atom stereocenters. The van der Waals surface area contributed by atoms with Gasteiger partial charge in [0.2, 0.25) is 0 Å². The van der Waals surface area contributed by atoms with Crippen LogP contribution in [0.4, 0.5) is 10.2 Å². The van der Waals surface area contributed by atoms with Crippen LogP contribution in [0.15, 0.2) is 12.4 Å². The van der Waals surface area contributed by atoms with E-state index in [1.807, 2.05) is 11.0 Å². The molecule has 1 N–H and O–H groups in total. The summed E-state index contributed by atoms with van der Waals surface area (Å²) in [6, 6.07) is 2.27. The van der Waals surface area contributed by atoms with Crippen LogP contribution in [0.3, 0.4) is 0 Å². The van der Waals surface area contributed by atoms with Gasteiger partial charge in [0.25, 0.3) is 0 Å². The van der Waals surface area contributed by atoms with Gasteiger partial charge in [-0.25, -0.2) is 14.4 Å². The Kier molecular flexibility index (Phi) is 4.54. The molecule has 6 heteroatoms. The highest BCUT2D eigenvalue weighted by atomic mass is 32.1. The fraction of sp³-hybridized carbons (Fsp3) is 0.714. The molecule has 0 aliphatic carbocycles. The summed E-state index contributed by atoms with van der Waals surface area (Å²) in [7, 11) is 0. The summed E-state index contributed by atoms with van der Waals surface area (Å²) in [4.78, 5) is 10.5. The van der Waals surface area contributed by atoms with Gasteiger partial charge in [0.15, 0.2) is 0 Å². The maximum Gasteiger partial charge on any atom is 0.129 e. The summed E-state index contributed by atoms with van der Waals surface area (Å²) >= 11 is 4.34. The molecule has 1 unspecified atom stereocenters. The van der Waals surface area contributed by atoms with Crippen LogP contribution in [0.25, 0.3) is 0 Å². The molecule has 1 fully saturated rings. The van der Waals surface area contributed by atoms with E-state index < -0.39 is 5.67 Å². The molecule has 1 aliphatic rings. The number of hydrogen-bond donors (Lipinski definition) is 2. The maximum atomic E-state index is 13.8. The number of anilines is 1. The lowest BCUT2D eigenvalue weighted by molar-refractivity contribution is 0.0557. The molecule has 112 valence electrons. The number of nitrogens with one attached hydrogen (secondary N) is 1. The van der Waals surface area contributed by atoms with Crippen molar-refractivity contribution in [2.45, 2.75) is 50.7 Å². The lowest BCUT2D eigenvalue weighted by Gasteiger charge is -2.45. The normalized spacial score (nSPS) is 18.9. The fourth-order valence-electron chi connectivity index (χ4n) is 2.21. The molecule has 1 aliphatic heterocycles. The van der Waals surface area contributed by atoms with Crippen molar-refractivity contribution in [3.63, 3.8) is 0 Å². The third kappa shape index (κ3) is 3.61. The molecule has 2 rings (SSSR count). The first kappa shape index (κ1) is 15.5. The average Bonchev–Trinajstić information content (AvgIpc) is 2.31. The Morgan fingerprint density at radius 1 is 1.40 bits per heavy atom. The van der Waals surface area contributed by atoms with E-state index >= 15 is 0 Å². The second-order valence-corrected chi connectivity index (χ2v) is 6.71. The standard InChI is InChI=1S/C14H23FN4S/c1-9(2)11-5-12(17-8-16-11)18-10-6-19(7-10)13(20)14(3,4)15/h5,8-10,13,20H,6-7H2,1-4H3,(H,16,17,18). The highest BCUT2D eigenvalue weighted by molar-refractivity contribution is 7.81. The summed E-state index contributed by atoms with van der Waals surface area (Å²) in [6.45, 7) is 8.89. The maximum absolute atomic E-state index is 13.8. The Bertz CT molecular complexity index is 455. The first-order chi connectivity index (χ1) is 9.27. The molecule has 0 aromatic carbocycles. The molecule has 0 saturated carbocycles. The van der Waals surface area contributed by atoms with Crippen molar-refractivity contribution in [2.24, 2.45) is 0 Å². The van der Waals surface area contributed by atoms with Crippen LogP contribution in [0.1, 0.15) is 39.3 Å². The van der Waals surface area contributed by atoms with Gasteiger partial charge in [0, 0.05) is 24.8 Å². The van der Waals surface area contributed by atoms with Crippen LogP contribution < -0.4 is 5.32 Å². The summed E-state index contributed by atoms with van der Waals surface area (Å²) in [5.74, 6) is 1.22. The van der Waals surface area contributed by atoms with Gasteiger partial charge in [-0.15, -0.1) is 0 Å². The number of aromatic nitrogens is 2. The van der Waals surface area contributed by atoms with E-state index in [1.54, 1.807) is 20.2 Å². The number of nitrogens with zero attached hydrogens (tertiary/aromatic N) is 3. The van der Waals surface area contributed by atoms with Crippen LogP contribution in [-0.2, 0) is 0 Å². The SMILES string of the molecule is CC(C)c1cc(NC2CN(C(S)C(C)(C)F)C2)ncn1. The first-order valence-corrected chi connectivity index (χ1v) is 7.48. The van der Waals surface area contributed by atoms with Gasteiger partial charge < -0.3 is 5.32 Å². The van der Waals surface area contributed by atoms with E-state index in [-0.39, 0.29) is 5.37 Å². The van der Waals surface area contributed by atoms with E-state index in [4.69, 9.17) is 0 Å². The Labute approximate surface area is 125 Å². The lowest BCUT2D eigenvalue weighted by atomic mass is 10.0. The Morgan fingerprint density at radius 3 is 2.60 bits per heavy atom. The second kappa shape index (κ2) is 5.85. The van der Waals surface area contributed by atoms with Gasteiger partial charge >= 0.3 is 0 Å². The molecule has 0 radical (unpaired) electrons. The van der Waals surface area contributed by atoms with Gasteiger partial charge in [0.1, 0.15) is 17.8 Å². The van der Waals surface area contributed by atoms with Gasteiger partial charge in [-0.2, -0.15) is 12.6 Å². The Morgan fingerprint density at radius 2 is 2.05 bits per heavy atom. The van der Waals surface area contributed by atoms with Crippen LogP contribution in [0.2, 0.25) is 0 Å². The number of alkyl halides is 1. The highest BCUT2D eigenvalue weighted by Crippen LogP contribution is 2.28. The summed E-state index contributed by atoms with van der Waals surface area (Å²) < 4.78 is 13.8. The van der Waals surface area contributed by atoms with E-state index in [9.17, 15) is 4.39 Å². The number of thiol groups is 1. The average molecular weight is 298 g/mol. The predicted octanol–water partition coefficient (Wildman–Crippen LogP) is 2.70. The minimum absolute atomic E-state index is 0.293. The zero-order valence-electron chi connectivity index (χ0n) is 12.5. The van der Waals surface area contributed by atoms with Crippen LogP contribution >= 0.6 is 12.6 Å². The van der Waals surface area contributed by atoms with E-state index in [2.05, 4.69) is 41.8 Å². The molecule has 0 bridgehead atoms. The van der Waals surface area contributed by atoms with Crippen molar-refractivity contribution in [3.05, 3.63) is 18.1 Å². The topological polar surface area (TPSA) is 41.0 Å². The number of hydrogen-bond acceptors (Lipinski definition) is 5. The monoisotopic (exact) mass is 298 g/mol. The summed E-state index contributed by atoms with van der Waals surface area (Å²) in [6.07, 6.45) is 1.58. The molecule has 1 aromatic rings. The zero-order valence-corrected chi connectivity index (χ0v) is 13.4. The van der Waals surface area contributed by atoms with E-state index in [0.717, 1.165) is 24.6 Å². The smallest absolute Gasteiger partial charge is 0.129 e. The molecule has 4 nitrogen and oxygen atoms in total. The first-order valence-electron chi connectivity index (χ1n) is 6.97. The number of halogens is 1. The quantitative estimate of drug-likeness (QED) is 0.820. The molecule has 0 spiro atoms. The molecular formula is C14H23FN4S. The lowest BCUT2D eigenvalue weighted by Crippen LogP contribution is -2.60. The minimum Gasteiger partial charge on any atom is -0.365 e. The van der Waals surface area contributed by atoms with Gasteiger partial charge in [-0.3, -0.25) is 4.90 Å². The molecule has 2 heterocycles. The highest BCUT2D eigenvalue weighted by Gasteiger charge is 2.38. The summed E-state index contributed by atoms with van der Waals surface area (Å²) in [5.41, 5.74) is -0.274.